The van der Waals surface area contributed by atoms with Crippen molar-refractivity contribution in [2.75, 3.05) is 6.54 Å². The number of benzene rings is 2. The SMILES string of the molecule is Cc1ccc(C(OC(=O)c2ccccc2)C(=O)NCC(F)F)cc1. The summed E-state index contributed by atoms with van der Waals surface area (Å²) in [4.78, 5) is 24.4. The largest absolute Gasteiger partial charge is 0.444 e. The zero-order valence-electron chi connectivity index (χ0n) is 13.0. The Hall–Kier alpha value is -2.76. The Morgan fingerprint density at radius 1 is 1.04 bits per heavy atom. The third-order valence-corrected chi connectivity index (χ3v) is 3.28. The molecule has 2 aromatic carbocycles. The van der Waals surface area contributed by atoms with E-state index in [-0.39, 0.29) is 5.56 Å². The van der Waals surface area contributed by atoms with E-state index in [1.165, 1.54) is 0 Å². The monoisotopic (exact) mass is 333 g/mol. The molecule has 126 valence electrons. The molecular weight excluding hydrogens is 316 g/mol. The third-order valence-electron chi connectivity index (χ3n) is 3.28. The van der Waals surface area contributed by atoms with Crippen molar-refractivity contribution >= 4 is 11.9 Å². The Morgan fingerprint density at radius 3 is 2.25 bits per heavy atom. The van der Waals surface area contributed by atoms with E-state index in [2.05, 4.69) is 5.32 Å². The molecule has 6 heteroatoms. The molecule has 0 aliphatic rings. The molecule has 0 aliphatic carbocycles. The highest BCUT2D eigenvalue weighted by Crippen LogP contribution is 2.20. The minimum Gasteiger partial charge on any atom is -0.444 e. The van der Waals surface area contributed by atoms with Crippen LogP contribution in [0.2, 0.25) is 0 Å². The first-order chi connectivity index (χ1) is 11.5. The fourth-order valence-corrected chi connectivity index (χ4v) is 2.03. The van der Waals surface area contributed by atoms with Crippen molar-refractivity contribution in [2.24, 2.45) is 0 Å². The smallest absolute Gasteiger partial charge is 0.339 e. The summed E-state index contributed by atoms with van der Waals surface area (Å²) in [7, 11) is 0. The first-order valence-electron chi connectivity index (χ1n) is 7.36. The molecule has 0 aromatic heterocycles. The maximum Gasteiger partial charge on any atom is 0.339 e. The molecule has 0 bridgehead atoms. The highest BCUT2D eigenvalue weighted by Gasteiger charge is 2.26. The summed E-state index contributed by atoms with van der Waals surface area (Å²) in [5.41, 5.74) is 1.65. The lowest BCUT2D eigenvalue weighted by molar-refractivity contribution is -0.131. The zero-order valence-corrected chi connectivity index (χ0v) is 13.0. The number of halogens is 2. The second kappa shape index (κ2) is 8.19. The number of carbonyl (C=O) groups excluding carboxylic acids is 2. The van der Waals surface area contributed by atoms with E-state index in [4.69, 9.17) is 4.74 Å². The number of amides is 1. The van der Waals surface area contributed by atoms with Gasteiger partial charge in [0.2, 0.25) is 6.10 Å². The van der Waals surface area contributed by atoms with Crippen LogP contribution in [0.4, 0.5) is 8.78 Å². The summed E-state index contributed by atoms with van der Waals surface area (Å²) in [6, 6.07) is 14.9. The summed E-state index contributed by atoms with van der Waals surface area (Å²) in [6.45, 7) is 1.07. The Balaban J connectivity index is 2.20. The van der Waals surface area contributed by atoms with Crippen LogP contribution in [0.15, 0.2) is 54.6 Å². The second-order valence-corrected chi connectivity index (χ2v) is 5.20. The highest BCUT2D eigenvalue weighted by atomic mass is 19.3. The highest BCUT2D eigenvalue weighted by molar-refractivity contribution is 5.92. The summed E-state index contributed by atoms with van der Waals surface area (Å²) in [5, 5.41) is 2.09. The Bertz CT molecular complexity index is 687. The number of nitrogens with one attached hydrogen (secondary N) is 1. The standard InChI is InChI=1S/C18H17F2NO3/c1-12-7-9-13(10-8-12)16(17(22)21-11-15(19)20)24-18(23)14-5-3-2-4-6-14/h2-10,15-16H,11H2,1H3,(H,21,22). The van der Waals surface area contributed by atoms with Crippen molar-refractivity contribution in [1.82, 2.24) is 5.32 Å². The van der Waals surface area contributed by atoms with Crippen LogP contribution in [0.25, 0.3) is 0 Å². The predicted octanol–water partition coefficient (Wildman–Crippen LogP) is 3.27. The van der Waals surface area contributed by atoms with E-state index in [9.17, 15) is 18.4 Å². The average Bonchev–Trinajstić information content (AvgIpc) is 2.59. The topological polar surface area (TPSA) is 55.4 Å². The van der Waals surface area contributed by atoms with Crippen LogP contribution in [0.3, 0.4) is 0 Å². The van der Waals surface area contributed by atoms with Gasteiger partial charge in [-0.2, -0.15) is 0 Å². The van der Waals surface area contributed by atoms with Gasteiger partial charge in [-0.05, 0) is 19.1 Å². The molecule has 0 aliphatic heterocycles. The maximum absolute atomic E-state index is 12.3. The summed E-state index contributed by atoms with van der Waals surface area (Å²) >= 11 is 0. The third kappa shape index (κ3) is 4.87. The van der Waals surface area contributed by atoms with Crippen molar-refractivity contribution < 1.29 is 23.1 Å². The molecule has 0 heterocycles. The molecular formula is C18H17F2NO3. The molecule has 0 saturated carbocycles. The minimum atomic E-state index is -2.68. The molecule has 1 unspecified atom stereocenters. The quantitative estimate of drug-likeness (QED) is 0.826. The van der Waals surface area contributed by atoms with Gasteiger partial charge >= 0.3 is 5.97 Å². The van der Waals surface area contributed by atoms with Gasteiger partial charge in [0.1, 0.15) is 0 Å². The van der Waals surface area contributed by atoms with Crippen LogP contribution in [0.1, 0.15) is 27.6 Å². The maximum atomic E-state index is 12.3. The molecule has 0 saturated heterocycles. The average molecular weight is 333 g/mol. The van der Waals surface area contributed by atoms with Crippen molar-refractivity contribution in [1.29, 1.82) is 0 Å². The van der Waals surface area contributed by atoms with Gasteiger partial charge in [0, 0.05) is 5.56 Å². The Kier molecular flexibility index (Phi) is 6.01. The van der Waals surface area contributed by atoms with E-state index in [1.807, 2.05) is 6.92 Å². The first kappa shape index (κ1) is 17.6. The summed E-state index contributed by atoms with van der Waals surface area (Å²) in [5.74, 6) is -1.49. The number of ether oxygens (including phenoxy) is 1. The number of hydrogen-bond acceptors (Lipinski definition) is 3. The molecule has 0 radical (unpaired) electrons. The van der Waals surface area contributed by atoms with Crippen LogP contribution >= 0.6 is 0 Å². The second-order valence-electron chi connectivity index (χ2n) is 5.20. The van der Waals surface area contributed by atoms with Crippen molar-refractivity contribution in [2.45, 2.75) is 19.5 Å². The van der Waals surface area contributed by atoms with Crippen LogP contribution in [-0.4, -0.2) is 24.8 Å². The van der Waals surface area contributed by atoms with E-state index in [0.717, 1.165) is 5.56 Å². The fourth-order valence-electron chi connectivity index (χ4n) is 2.03. The summed E-state index contributed by atoms with van der Waals surface area (Å²) in [6.07, 6.45) is -3.98. The van der Waals surface area contributed by atoms with Crippen LogP contribution < -0.4 is 5.32 Å². The molecule has 2 aromatic rings. The molecule has 2 rings (SSSR count). The number of rotatable bonds is 6. The predicted molar refractivity (Wildman–Crippen MR) is 84.8 cm³/mol. The van der Waals surface area contributed by atoms with Gasteiger partial charge in [0.25, 0.3) is 12.3 Å². The van der Waals surface area contributed by atoms with Gasteiger partial charge in [-0.1, -0.05) is 48.0 Å². The van der Waals surface area contributed by atoms with Gasteiger partial charge in [0.15, 0.2) is 0 Å². The van der Waals surface area contributed by atoms with Crippen molar-refractivity contribution in [3.63, 3.8) is 0 Å². The van der Waals surface area contributed by atoms with Crippen molar-refractivity contribution in [3.8, 4) is 0 Å². The zero-order chi connectivity index (χ0) is 17.5. The molecule has 0 spiro atoms. The van der Waals surface area contributed by atoms with Gasteiger partial charge in [-0.25, -0.2) is 13.6 Å². The van der Waals surface area contributed by atoms with Crippen LogP contribution in [0.5, 0.6) is 0 Å². The molecule has 1 amide bonds. The molecule has 4 nitrogen and oxygen atoms in total. The van der Waals surface area contributed by atoms with E-state index in [0.29, 0.717) is 5.56 Å². The van der Waals surface area contributed by atoms with E-state index in [1.54, 1.807) is 54.6 Å². The molecule has 0 fully saturated rings. The Morgan fingerprint density at radius 2 is 1.67 bits per heavy atom. The Labute approximate surface area is 138 Å². The lowest BCUT2D eigenvalue weighted by Crippen LogP contribution is -2.35. The summed E-state index contributed by atoms with van der Waals surface area (Å²) < 4.78 is 29.9. The normalized spacial score (nSPS) is 11.8. The lowest BCUT2D eigenvalue weighted by Gasteiger charge is -2.18. The van der Waals surface area contributed by atoms with E-state index >= 15 is 0 Å². The van der Waals surface area contributed by atoms with Gasteiger partial charge in [0.05, 0.1) is 12.1 Å². The van der Waals surface area contributed by atoms with Gasteiger partial charge in [-0.15, -0.1) is 0 Å². The minimum absolute atomic E-state index is 0.274. The number of esters is 1. The number of aryl methyl sites for hydroxylation is 1. The molecule has 1 atom stereocenters. The van der Waals surface area contributed by atoms with E-state index < -0.39 is 31.0 Å². The van der Waals surface area contributed by atoms with Crippen LogP contribution in [-0.2, 0) is 9.53 Å². The molecule has 1 N–H and O–H groups in total. The van der Waals surface area contributed by atoms with Crippen LogP contribution in [0, 0.1) is 6.92 Å². The first-order valence-corrected chi connectivity index (χ1v) is 7.36. The fraction of sp³-hybridized carbons (Fsp3) is 0.222. The number of carbonyl (C=O) groups is 2. The number of alkyl halides is 2. The van der Waals surface area contributed by atoms with Gasteiger partial charge < -0.3 is 10.1 Å². The lowest BCUT2D eigenvalue weighted by atomic mass is 10.1. The number of hydrogen-bond donors (Lipinski definition) is 1. The van der Waals surface area contributed by atoms with Gasteiger partial charge in [-0.3, -0.25) is 4.79 Å². The van der Waals surface area contributed by atoms with Crippen molar-refractivity contribution in [3.05, 3.63) is 71.3 Å². The molecule has 24 heavy (non-hydrogen) atoms.